The topological polar surface area (TPSA) is 256 Å². The van der Waals surface area contributed by atoms with E-state index in [2.05, 4.69) is 67.0 Å². The number of aliphatic hydroxyl groups excluding tert-OH is 4. The van der Waals surface area contributed by atoms with Crippen LogP contribution < -0.4 is 0 Å². The molecule has 0 bridgehead atoms. The van der Waals surface area contributed by atoms with Crippen LogP contribution in [0.25, 0.3) is 0 Å². The van der Waals surface area contributed by atoms with Gasteiger partial charge < -0.3 is 44.6 Å². The van der Waals surface area contributed by atoms with Gasteiger partial charge in [0.15, 0.2) is 6.10 Å². The SMILES string of the molecule is CCCCC/C=C\C/C=C\CCCCCCCC(=O)O[C@H](COC(=O)CCC/C=C\C/C=C\C/C=C\CCCCCCCC)COP(=O)(O)O[C@H]1C(O)C(O)C(O)[C@@H](OP(=O)(O)O)C1O. The average molecular weight is 965 g/mol. The second kappa shape index (κ2) is 37.7. The third kappa shape index (κ3) is 32.2. The van der Waals surface area contributed by atoms with E-state index in [0.29, 0.717) is 19.3 Å². The Morgan fingerprint density at radius 3 is 1.43 bits per heavy atom. The molecule has 1 rings (SSSR count). The highest BCUT2D eigenvalue weighted by Gasteiger charge is 2.54. The van der Waals surface area contributed by atoms with E-state index in [9.17, 15) is 53.8 Å². The molecular weight excluding hydrogens is 882 g/mol. The van der Waals surface area contributed by atoms with Crippen molar-refractivity contribution in [2.75, 3.05) is 13.2 Å². The van der Waals surface area contributed by atoms with E-state index in [1.54, 1.807) is 0 Å². The number of esters is 2. The second-order valence-corrected chi connectivity index (χ2v) is 19.1. The maximum Gasteiger partial charge on any atom is 0.472 e. The standard InChI is InChI=1S/C47H82O16P2/c1-3-5-7-9-11-13-15-17-19-20-22-23-25-27-29-31-33-35-40(48)59-37-39(61-41(49)36-34-32-30-28-26-24-21-18-16-14-12-10-8-6-4-2)38-60-65(57,58)63-47-44(52)42(50)43(51)46(45(47)53)62-64(54,55)56/h12,14,17-19,21-23,27,29,39,42-47,50-53H,3-11,13,15-16,20,24-26,28,30-38H2,1-2H3,(H,57,58)(H2,54,55,56)/b14-12-,19-17-,21-18-,23-22-,29-27-/t39-,42?,43?,44?,45?,46-,47+/m1/s1. The van der Waals surface area contributed by atoms with Crippen molar-refractivity contribution in [3.63, 3.8) is 0 Å². The molecule has 0 aromatic heterocycles. The molecule has 65 heavy (non-hydrogen) atoms. The average Bonchev–Trinajstić information content (AvgIpc) is 3.26. The number of phosphoric ester groups is 2. The Labute approximate surface area is 388 Å². The minimum atomic E-state index is -5.37. The molecule has 1 fully saturated rings. The Kier molecular flexibility index (Phi) is 35.2. The molecule has 18 heteroatoms. The van der Waals surface area contributed by atoms with Gasteiger partial charge in [0.25, 0.3) is 0 Å². The lowest BCUT2D eigenvalue weighted by atomic mass is 9.85. The van der Waals surface area contributed by atoms with Gasteiger partial charge in [0.1, 0.15) is 43.2 Å². The van der Waals surface area contributed by atoms with Crippen molar-refractivity contribution in [2.45, 2.75) is 211 Å². The first-order valence-corrected chi connectivity index (χ1v) is 26.9. The lowest BCUT2D eigenvalue weighted by Gasteiger charge is -2.43. The lowest BCUT2D eigenvalue weighted by molar-refractivity contribution is -0.216. The normalized spacial score (nSPS) is 22.2. The van der Waals surface area contributed by atoms with Crippen LogP contribution in [0.1, 0.15) is 168 Å². The maximum absolute atomic E-state index is 13.0. The summed E-state index contributed by atoms with van der Waals surface area (Å²) >= 11 is 0. The van der Waals surface area contributed by atoms with Gasteiger partial charge in [-0.1, -0.05) is 139 Å². The van der Waals surface area contributed by atoms with Crippen molar-refractivity contribution in [1.29, 1.82) is 0 Å². The zero-order valence-corrected chi connectivity index (χ0v) is 40.7. The second-order valence-electron chi connectivity index (χ2n) is 16.5. The minimum Gasteiger partial charge on any atom is -0.462 e. The van der Waals surface area contributed by atoms with E-state index < -0.39 is 83.5 Å². The van der Waals surface area contributed by atoms with E-state index in [0.717, 1.165) is 64.2 Å². The van der Waals surface area contributed by atoms with Crippen molar-refractivity contribution in [1.82, 2.24) is 0 Å². The van der Waals surface area contributed by atoms with Gasteiger partial charge in [0, 0.05) is 12.8 Å². The first kappa shape index (κ1) is 60.7. The van der Waals surface area contributed by atoms with Crippen LogP contribution in [-0.4, -0.2) is 103 Å². The smallest absolute Gasteiger partial charge is 0.462 e. The summed E-state index contributed by atoms with van der Waals surface area (Å²) in [6.07, 6.45) is 29.0. The van der Waals surface area contributed by atoms with Crippen LogP contribution in [0.3, 0.4) is 0 Å². The fraction of sp³-hybridized carbons (Fsp3) is 0.745. The number of carbonyl (C=O) groups excluding carboxylic acids is 2. The van der Waals surface area contributed by atoms with Crippen LogP contribution in [0, 0.1) is 0 Å². The summed E-state index contributed by atoms with van der Waals surface area (Å²) in [5.41, 5.74) is 0. The zero-order chi connectivity index (χ0) is 48.2. The number of ether oxygens (including phenoxy) is 2. The Balaban J connectivity index is 2.64. The third-order valence-corrected chi connectivity index (χ3v) is 12.1. The van der Waals surface area contributed by atoms with Gasteiger partial charge >= 0.3 is 27.6 Å². The van der Waals surface area contributed by atoms with E-state index >= 15 is 0 Å². The summed E-state index contributed by atoms with van der Waals surface area (Å²) < 4.78 is 49.3. The molecule has 5 unspecified atom stereocenters. The van der Waals surface area contributed by atoms with Gasteiger partial charge in [-0.25, -0.2) is 9.13 Å². The third-order valence-electron chi connectivity index (χ3n) is 10.6. The molecule has 8 atom stereocenters. The molecule has 0 spiro atoms. The van der Waals surface area contributed by atoms with Gasteiger partial charge in [-0.3, -0.25) is 23.2 Å². The largest absolute Gasteiger partial charge is 0.472 e. The van der Waals surface area contributed by atoms with Crippen molar-refractivity contribution in [2.24, 2.45) is 0 Å². The molecule has 1 saturated carbocycles. The number of aliphatic hydroxyl groups is 4. The molecule has 0 aromatic carbocycles. The van der Waals surface area contributed by atoms with Crippen LogP contribution in [0.2, 0.25) is 0 Å². The van der Waals surface area contributed by atoms with Crippen molar-refractivity contribution in [3.8, 4) is 0 Å². The fourth-order valence-corrected chi connectivity index (χ4v) is 8.37. The predicted octanol–water partition coefficient (Wildman–Crippen LogP) is 9.06. The lowest BCUT2D eigenvalue weighted by Crippen LogP contribution is -2.64. The van der Waals surface area contributed by atoms with Gasteiger partial charge in [0.2, 0.25) is 0 Å². The van der Waals surface area contributed by atoms with Crippen molar-refractivity contribution >= 4 is 27.6 Å². The van der Waals surface area contributed by atoms with Crippen molar-refractivity contribution in [3.05, 3.63) is 60.8 Å². The Morgan fingerprint density at radius 1 is 0.492 bits per heavy atom. The highest BCUT2D eigenvalue weighted by molar-refractivity contribution is 7.47. The Bertz CT molecular complexity index is 1490. The van der Waals surface area contributed by atoms with E-state index in [4.69, 9.17) is 18.5 Å². The summed E-state index contributed by atoms with van der Waals surface area (Å²) in [7, 11) is -10.7. The first-order valence-electron chi connectivity index (χ1n) is 23.8. The zero-order valence-electron chi connectivity index (χ0n) is 38.9. The summed E-state index contributed by atoms with van der Waals surface area (Å²) in [5.74, 6) is -1.29. The van der Waals surface area contributed by atoms with E-state index in [1.165, 1.54) is 57.8 Å². The van der Waals surface area contributed by atoms with E-state index in [1.807, 2.05) is 12.2 Å². The molecule has 0 radical (unpaired) electrons. The van der Waals surface area contributed by atoms with Gasteiger partial charge in [0.05, 0.1) is 6.61 Å². The summed E-state index contributed by atoms with van der Waals surface area (Å²) in [6, 6.07) is 0. The molecular formula is C47H82O16P2. The Morgan fingerprint density at radius 2 is 0.908 bits per heavy atom. The number of unbranched alkanes of at least 4 members (excludes halogenated alkanes) is 15. The number of hydrogen-bond acceptors (Lipinski definition) is 13. The van der Waals surface area contributed by atoms with Gasteiger partial charge in [-0.2, -0.15) is 0 Å². The van der Waals surface area contributed by atoms with Gasteiger partial charge in [-0.15, -0.1) is 0 Å². The summed E-state index contributed by atoms with van der Waals surface area (Å²) in [5, 5.41) is 41.2. The summed E-state index contributed by atoms with van der Waals surface area (Å²) in [6.45, 7) is 3.01. The molecule has 7 N–H and O–H groups in total. The maximum atomic E-state index is 13.0. The Hall–Kier alpha value is -2.30. The number of allylic oxidation sites excluding steroid dienone is 10. The molecule has 0 saturated heterocycles. The molecule has 1 aliphatic carbocycles. The molecule has 376 valence electrons. The first-order chi connectivity index (χ1) is 31.1. The van der Waals surface area contributed by atoms with Crippen LogP contribution in [0.5, 0.6) is 0 Å². The number of carbonyl (C=O) groups is 2. The molecule has 0 amide bonds. The molecule has 0 aromatic rings. The van der Waals surface area contributed by atoms with Crippen LogP contribution >= 0.6 is 15.6 Å². The monoisotopic (exact) mass is 965 g/mol. The highest BCUT2D eigenvalue weighted by Crippen LogP contribution is 2.49. The highest BCUT2D eigenvalue weighted by atomic mass is 31.2. The van der Waals surface area contributed by atoms with E-state index in [-0.39, 0.29) is 12.8 Å². The summed E-state index contributed by atoms with van der Waals surface area (Å²) in [4.78, 5) is 54.2. The molecule has 0 aliphatic heterocycles. The number of phosphoric acid groups is 2. The van der Waals surface area contributed by atoms with Crippen LogP contribution in [0.15, 0.2) is 60.8 Å². The molecule has 16 nitrogen and oxygen atoms in total. The quantitative estimate of drug-likeness (QED) is 0.0131. The number of hydrogen-bond donors (Lipinski definition) is 7. The van der Waals surface area contributed by atoms with Crippen LogP contribution in [0.4, 0.5) is 0 Å². The minimum absolute atomic E-state index is 0.0152. The predicted molar refractivity (Wildman–Crippen MR) is 250 cm³/mol. The number of rotatable bonds is 39. The molecule has 0 heterocycles. The fourth-order valence-electron chi connectivity index (χ4n) is 6.84. The van der Waals surface area contributed by atoms with Crippen molar-refractivity contribution < 1.29 is 76.9 Å². The van der Waals surface area contributed by atoms with Gasteiger partial charge in [-0.05, 0) is 77.0 Å². The molecule has 1 aliphatic rings. The van der Waals surface area contributed by atoms with Crippen LogP contribution in [-0.2, 0) is 41.8 Å².